The minimum atomic E-state index is -0.144. The number of hydrogen-bond acceptors (Lipinski definition) is 1. The van der Waals surface area contributed by atoms with Crippen molar-refractivity contribution in [1.82, 2.24) is 0 Å². The third kappa shape index (κ3) is 3.57. The van der Waals surface area contributed by atoms with Gasteiger partial charge in [-0.05, 0) is 43.2 Å². The molecule has 0 aliphatic heterocycles. The number of aryl methyl sites for hydroxylation is 1. The number of hydrogen-bond donors (Lipinski definition) is 1. The van der Waals surface area contributed by atoms with Crippen LogP contribution in [0.25, 0.3) is 0 Å². The Morgan fingerprint density at radius 1 is 1.12 bits per heavy atom. The van der Waals surface area contributed by atoms with Gasteiger partial charge in [-0.2, -0.15) is 0 Å². The van der Waals surface area contributed by atoms with E-state index in [4.69, 9.17) is 0 Å². The molecule has 0 radical (unpaired) electrons. The molecule has 1 aliphatic rings. The van der Waals surface area contributed by atoms with E-state index in [1.165, 1.54) is 49.7 Å². The lowest BCUT2D eigenvalue weighted by Gasteiger charge is -2.22. The Hall–Kier alpha value is -0.820. The van der Waals surface area contributed by atoms with Gasteiger partial charge in [-0.3, -0.25) is 0 Å². The second-order valence-corrected chi connectivity index (χ2v) is 5.45. The first kappa shape index (κ1) is 12.6. The molecule has 0 spiro atoms. The second-order valence-electron chi connectivity index (χ2n) is 5.45. The van der Waals surface area contributed by atoms with Crippen LogP contribution in [-0.4, -0.2) is 11.2 Å². The maximum atomic E-state index is 10.4. The molecule has 17 heavy (non-hydrogen) atoms. The van der Waals surface area contributed by atoms with Crippen LogP contribution in [0.3, 0.4) is 0 Å². The van der Waals surface area contributed by atoms with E-state index in [9.17, 15) is 5.11 Å². The van der Waals surface area contributed by atoms with Crippen molar-refractivity contribution in [2.45, 2.75) is 58.0 Å². The molecule has 2 rings (SSSR count). The molecule has 1 aromatic rings. The molecule has 1 saturated carbocycles. The molecule has 94 valence electrons. The lowest BCUT2D eigenvalue weighted by molar-refractivity contribution is 0.0985. The number of benzene rings is 1. The lowest BCUT2D eigenvalue weighted by atomic mass is 9.89. The first-order valence-electron chi connectivity index (χ1n) is 7.00. The van der Waals surface area contributed by atoms with Crippen molar-refractivity contribution in [3.63, 3.8) is 0 Å². The lowest BCUT2D eigenvalue weighted by Crippen LogP contribution is -2.22. The Kier molecular flexibility index (Phi) is 4.61. The summed E-state index contributed by atoms with van der Waals surface area (Å²) in [6.07, 6.45) is 8.43. The van der Waals surface area contributed by atoms with Crippen LogP contribution < -0.4 is 0 Å². The van der Waals surface area contributed by atoms with E-state index in [0.717, 1.165) is 6.42 Å². The van der Waals surface area contributed by atoms with E-state index in [1.807, 2.05) is 0 Å². The summed E-state index contributed by atoms with van der Waals surface area (Å²) in [5.74, 6) is 0.525. The van der Waals surface area contributed by atoms with Gasteiger partial charge >= 0.3 is 0 Å². The zero-order chi connectivity index (χ0) is 12.1. The van der Waals surface area contributed by atoms with Crippen molar-refractivity contribution in [3.8, 4) is 0 Å². The maximum Gasteiger partial charge on any atom is 0.0608 e. The highest BCUT2D eigenvalue weighted by atomic mass is 16.3. The van der Waals surface area contributed by atoms with Crippen LogP contribution in [0.15, 0.2) is 24.3 Å². The summed E-state index contributed by atoms with van der Waals surface area (Å²) in [4.78, 5) is 0. The molecule has 0 saturated heterocycles. The molecule has 1 nitrogen and oxygen atoms in total. The molecule has 1 heteroatoms. The van der Waals surface area contributed by atoms with E-state index in [0.29, 0.717) is 5.92 Å². The van der Waals surface area contributed by atoms with E-state index in [-0.39, 0.29) is 6.10 Å². The monoisotopic (exact) mass is 232 g/mol. The Labute approximate surface area is 105 Å². The highest BCUT2D eigenvalue weighted by Crippen LogP contribution is 2.27. The molecule has 0 amide bonds. The Morgan fingerprint density at radius 2 is 1.76 bits per heavy atom. The molecule has 0 heterocycles. The first-order valence-corrected chi connectivity index (χ1v) is 7.00. The van der Waals surface area contributed by atoms with Gasteiger partial charge in [0, 0.05) is 0 Å². The fraction of sp³-hybridized carbons (Fsp3) is 0.625. The standard InChI is InChI=1S/C16H24O/c1-13-8-6-7-11-15(13)12-16(17)14-9-4-2-3-5-10-14/h6-8,11,14,16-17H,2-5,9-10,12H2,1H3. The van der Waals surface area contributed by atoms with Crippen molar-refractivity contribution in [2.24, 2.45) is 5.92 Å². The zero-order valence-corrected chi connectivity index (χ0v) is 10.9. The molecular weight excluding hydrogens is 208 g/mol. The van der Waals surface area contributed by atoms with E-state index < -0.39 is 0 Å². The van der Waals surface area contributed by atoms with Gasteiger partial charge in [0.15, 0.2) is 0 Å². The minimum absolute atomic E-state index is 0.144. The molecule has 0 bridgehead atoms. The predicted octanol–water partition coefficient (Wildman–Crippen LogP) is 3.87. The van der Waals surface area contributed by atoms with Crippen LogP contribution in [0.1, 0.15) is 49.7 Å². The van der Waals surface area contributed by atoms with Gasteiger partial charge in [0.1, 0.15) is 0 Å². The quantitative estimate of drug-likeness (QED) is 0.784. The molecule has 1 aromatic carbocycles. The zero-order valence-electron chi connectivity index (χ0n) is 10.9. The molecular formula is C16H24O. The molecule has 1 N–H and O–H groups in total. The van der Waals surface area contributed by atoms with E-state index in [2.05, 4.69) is 31.2 Å². The summed E-state index contributed by atoms with van der Waals surface area (Å²) in [5, 5.41) is 10.4. The Morgan fingerprint density at radius 3 is 2.41 bits per heavy atom. The van der Waals surface area contributed by atoms with Crippen molar-refractivity contribution in [3.05, 3.63) is 35.4 Å². The van der Waals surface area contributed by atoms with Crippen LogP contribution >= 0.6 is 0 Å². The highest BCUT2D eigenvalue weighted by molar-refractivity contribution is 5.26. The molecule has 1 atom stereocenters. The van der Waals surface area contributed by atoms with Gasteiger partial charge in [-0.15, -0.1) is 0 Å². The van der Waals surface area contributed by atoms with Gasteiger partial charge in [0.05, 0.1) is 6.10 Å². The predicted molar refractivity (Wildman–Crippen MR) is 72.1 cm³/mol. The Bertz CT molecular complexity index is 337. The van der Waals surface area contributed by atoms with E-state index in [1.54, 1.807) is 0 Å². The van der Waals surface area contributed by atoms with Crippen LogP contribution in [0.5, 0.6) is 0 Å². The maximum absolute atomic E-state index is 10.4. The van der Waals surface area contributed by atoms with Crippen LogP contribution in [-0.2, 0) is 6.42 Å². The summed E-state index contributed by atoms with van der Waals surface area (Å²) < 4.78 is 0. The third-order valence-corrected chi connectivity index (χ3v) is 4.13. The number of aliphatic hydroxyl groups excluding tert-OH is 1. The van der Waals surface area contributed by atoms with Gasteiger partial charge < -0.3 is 5.11 Å². The van der Waals surface area contributed by atoms with Gasteiger partial charge in [-0.1, -0.05) is 49.9 Å². The fourth-order valence-electron chi connectivity index (χ4n) is 2.93. The van der Waals surface area contributed by atoms with Crippen molar-refractivity contribution in [2.75, 3.05) is 0 Å². The summed E-state index contributed by atoms with van der Waals surface area (Å²) >= 11 is 0. The summed E-state index contributed by atoms with van der Waals surface area (Å²) in [6, 6.07) is 8.42. The average molecular weight is 232 g/mol. The minimum Gasteiger partial charge on any atom is -0.392 e. The fourth-order valence-corrected chi connectivity index (χ4v) is 2.93. The largest absolute Gasteiger partial charge is 0.392 e. The number of rotatable bonds is 3. The van der Waals surface area contributed by atoms with Crippen LogP contribution in [0, 0.1) is 12.8 Å². The van der Waals surface area contributed by atoms with Crippen LogP contribution in [0.2, 0.25) is 0 Å². The smallest absolute Gasteiger partial charge is 0.0608 e. The highest BCUT2D eigenvalue weighted by Gasteiger charge is 2.21. The topological polar surface area (TPSA) is 20.2 Å². The Balaban J connectivity index is 1.95. The number of aliphatic hydroxyl groups is 1. The van der Waals surface area contributed by atoms with Crippen molar-refractivity contribution < 1.29 is 5.11 Å². The average Bonchev–Trinajstić information content (AvgIpc) is 2.61. The molecule has 0 aromatic heterocycles. The van der Waals surface area contributed by atoms with Gasteiger partial charge in [0.2, 0.25) is 0 Å². The third-order valence-electron chi connectivity index (χ3n) is 4.13. The SMILES string of the molecule is Cc1ccccc1CC(O)C1CCCCCC1. The molecule has 1 fully saturated rings. The summed E-state index contributed by atoms with van der Waals surface area (Å²) in [5.41, 5.74) is 2.62. The summed E-state index contributed by atoms with van der Waals surface area (Å²) in [7, 11) is 0. The van der Waals surface area contributed by atoms with Gasteiger partial charge in [0.25, 0.3) is 0 Å². The van der Waals surface area contributed by atoms with Gasteiger partial charge in [-0.25, -0.2) is 0 Å². The van der Waals surface area contributed by atoms with E-state index >= 15 is 0 Å². The normalized spacial score (nSPS) is 19.9. The van der Waals surface area contributed by atoms with Crippen molar-refractivity contribution >= 4 is 0 Å². The van der Waals surface area contributed by atoms with Crippen LogP contribution in [0.4, 0.5) is 0 Å². The molecule has 1 unspecified atom stereocenters. The molecule has 1 aliphatic carbocycles. The first-order chi connectivity index (χ1) is 8.27. The summed E-state index contributed by atoms with van der Waals surface area (Å²) in [6.45, 7) is 2.13. The second kappa shape index (κ2) is 6.20. The van der Waals surface area contributed by atoms with Crippen molar-refractivity contribution in [1.29, 1.82) is 0 Å².